The van der Waals surface area contributed by atoms with E-state index in [-0.39, 0.29) is 5.91 Å². The molecule has 2 aromatic rings. The van der Waals surface area contributed by atoms with Gasteiger partial charge < -0.3 is 10.1 Å². The quantitative estimate of drug-likeness (QED) is 0.830. The van der Waals surface area contributed by atoms with Crippen LogP contribution in [0.3, 0.4) is 0 Å². The van der Waals surface area contributed by atoms with Crippen LogP contribution in [0.15, 0.2) is 53.4 Å². The first kappa shape index (κ1) is 12.5. The first-order valence-corrected chi connectivity index (χ1v) is 5.89. The van der Waals surface area contributed by atoms with Gasteiger partial charge in [-0.25, -0.2) is 0 Å². The molecule has 0 spiro atoms. The maximum atomic E-state index is 12.0. The van der Waals surface area contributed by atoms with Crippen LogP contribution < -0.4 is 10.1 Å². The van der Waals surface area contributed by atoms with Crippen LogP contribution in [0, 0.1) is 0 Å². The van der Waals surface area contributed by atoms with Crippen LogP contribution in [-0.4, -0.2) is 13.0 Å². The van der Waals surface area contributed by atoms with Crippen molar-refractivity contribution in [1.29, 1.82) is 0 Å². The van der Waals surface area contributed by atoms with Gasteiger partial charge in [0.05, 0.1) is 12.7 Å². The number of benzene rings is 2. The molecule has 92 valence electrons. The summed E-state index contributed by atoms with van der Waals surface area (Å²) in [5.74, 6) is 0.577. The Morgan fingerprint density at radius 2 is 1.78 bits per heavy atom. The molecule has 18 heavy (non-hydrogen) atoms. The molecule has 0 unspecified atom stereocenters. The lowest BCUT2D eigenvalue weighted by molar-refractivity contribution is 0.102. The highest BCUT2D eigenvalue weighted by Crippen LogP contribution is 2.18. The first-order chi connectivity index (χ1) is 8.70. The van der Waals surface area contributed by atoms with Crippen molar-refractivity contribution >= 4 is 24.2 Å². The zero-order valence-corrected chi connectivity index (χ0v) is 10.8. The third-order valence-corrected chi connectivity index (χ3v) is 2.89. The average molecular weight is 259 g/mol. The second kappa shape index (κ2) is 5.60. The number of methoxy groups -OCH3 is 1. The Balaban J connectivity index is 2.14. The Kier molecular flexibility index (Phi) is 3.89. The SMILES string of the molecule is COc1ccc(NC(=O)c2ccccc2S)cc1. The summed E-state index contributed by atoms with van der Waals surface area (Å²) in [6.07, 6.45) is 0. The van der Waals surface area contributed by atoms with Gasteiger partial charge in [-0.1, -0.05) is 12.1 Å². The molecule has 0 aliphatic heterocycles. The molecule has 2 rings (SSSR count). The van der Waals surface area contributed by atoms with E-state index < -0.39 is 0 Å². The van der Waals surface area contributed by atoms with Crippen LogP contribution in [0.5, 0.6) is 5.75 Å². The predicted octanol–water partition coefficient (Wildman–Crippen LogP) is 3.24. The summed E-state index contributed by atoms with van der Waals surface area (Å²) >= 11 is 4.25. The Bertz CT molecular complexity index is 552. The fraction of sp³-hybridized carbons (Fsp3) is 0.0714. The van der Waals surface area contributed by atoms with Gasteiger partial charge in [-0.2, -0.15) is 0 Å². The van der Waals surface area contributed by atoms with E-state index in [9.17, 15) is 4.79 Å². The van der Waals surface area contributed by atoms with Gasteiger partial charge in [0.1, 0.15) is 5.75 Å². The third kappa shape index (κ3) is 2.84. The molecule has 0 bridgehead atoms. The van der Waals surface area contributed by atoms with Crippen LogP contribution in [0.1, 0.15) is 10.4 Å². The predicted molar refractivity (Wildman–Crippen MR) is 74.6 cm³/mol. The van der Waals surface area contributed by atoms with Gasteiger partial charge in [-0.05, 0) is 36.4 Å². The van der Waals surface area contributed by atoms with Crippen molar-refractivity contribution in [2.75, 3.05) is 12.4 Å². The topological polar surface area (TPSA) is 38.3 Å². The number of rotatable bonds is 3. The lowest BCUT2D eigenvalue weighted by Gasteiger charge is -2.07. The van der Waals surface area contributed by atoms with Crippen molar-refractivity contribution in [3.63, 3.8) is 0 Å². The number of anilines is 1. The number of nitrogens with one attached hydrogen (secondary N) is 1. The molecule has 0 aliphatic carbocycles. The summed E-state index contributed by atoms with van der Waals surface area (Å²) in [7, 11) is 1.60. The van der Waals surface area contributed by atoms with Crippen LogP contribution in [0.4, 0.5) is 5.69 Å². The van der Waals surface area contributed by atoms with Crippen LogP contribution in [-0.2, 0) is 0 Å². The summed E-state index contributed by atoms with van der Waals surface area (Å²) in [4.78, 5) is 12.7. The molecule has 4 heteroatoms. The summed E-state index contributed by atoms with van der Waals surface area (Å²) in [5, 5.41) is 2.81. The van der Waals surface area contributed by atoms with Crippen molar-refractivity contribution in [2.45, 2.75) is 4.90 Å². The summed E-state index contributed by atoms with van der Waals surface area (Å²) in [6, 6.07) is 14.3. The number of carbonyl (C=O) groups is 1. The zero-order valence-electron chi connectivity index (χ0n) is 9.88. The maximum absolute atomic E-state index is 12.0. The van der Waals surface area contributed by atoms with Crippen molar-refractivity contribution in [2.24, 2.45) is 0 Å². The van der Waals surface area contributed by atoms with E-state index in [0.717, 1.165) is 11.4 Å². The number of amides is 1. The van der Waals surface area contributed by atoms with Gasteiger partial charge >= 0.3 is 0 Å². The smallest absolute Gasteiger partial charge is 0.256 e. The fourth-order valence-electron chi connectivity index (χ4n) is 1.54. The number of hydrogen-bond donors (Lipinski definition) is 2. The van der Waals surface area contributed by atoms with E-state index in [1.54, 1.807) is 43.5 Å². The normalized spacial score (nSPS) is 9.89. The van der Waals surface area contributed by atoms with Gasteiger partial charge in [-0.3, -0.25) is 4.79 Å². The van der Waals surface area contributed by atoms with E-state index in [0.29, 0.717) is 10.5 Å². The second-order valence-electron chi connectivity index (χ2n) is 3.70. The summed E-state index contributed by atoms with van der Waals surface area (Å²) in [6.45, 7) is 0. The molecular weight excluding hydrogens is 246 g/mol. The second-order valence-corrected chi connectivity index (χ2v) is 4.18. The monoisotopic (exact) mass is 259 g/mol. The van der Waals surface area contributed by atoms with Crippen LogP contribution in [0.25, 0.3) is 0 Å². The highest BCUT2D eigenvalue weighted by molar-refractivity contribution is 7.80. The summed E-state index contributed by atoms with van der Waals surface area (Å²) in [5.41, 5.74) is 1.27. The molecule has 0 aromatic heterocycles. The van der Waals surface area contributed by atoms with Crippen molar-refractivity contribution in [3.05, 3.63) is 54.1 Å². The molecule has 0 atom stereocenters. The molecule has 0 radical (unpaired) electrons. The lowest BCUT2D eigenvalue weighted by Crippen LogP contribution is -2.12. The van der Waals surface area contributed by atoms with Crippen LogP contribution in [0.2, 0.25) is 0 Å². The third-order valence-electron chi connectivity index (χ3n) is 2.50. The Morgan fingerprint density at radius 3 is 2.39 bits per heavy atom. The van der Waals surface area contributed by atoms with Gasteiger partial charge in [0.15, 0.2) is 0 Å². The largest absolute Gasteiger partial charge is 0.497 e. The molecule has 0 aliphatic rings. The minimum Gasteiger partial charge on any atom is -0.497 e. The molecule has 3 nitrogen and oxygen atoms in total. The Labute approximate surface area is 111 Å². The van der Waals surface area contributed by atoms with Gasteiger partial charge in [-0.15, -0.1) is 12.6 Å². The van der Waals surface area contributed by atoms with E-state index >= 15 is 0 Å². The number of carbonyl (C=O) groups excluding carboxylic acids is 1. The number of hydrogen-bond acceptors (Lipinski definition) is 3. The highest BCUT2D eigenvalue weighted by Gasteiger charge is 2.08. The van der Waals surface area contributed by atoms with Gasteiger partial charge in [0.2, 0.25) is 0 Å². The molecule has 0 fully saturated rings. The lowest BCUT2D eigenvalue weighted by atomic mass is 10.2. The molecular formula is C14H13NO2S. The van der Waals surface area contributed by atoms with Crippen molar-refractivity contribution in [1.82, 2.24) is 0 Å². The minimum absolute atomic E-state index is 0.175. The zero-order chi connectivity index (χ0) is 13.0. The van der Waals surface area contributed by atoms with Crippen LogP contribution >= 0.6 is 12.6 Å². The molecule has 0 saturated carbocycles. The molecule has 0 heterocycles. The fourth-order valence-corrected chi connectivity index (χ4v) is 1.80. The van der Waals surface area contributed by atoms with Gasteiger partial charge in [0.25, 0.3) is 5.91 Å². The summed E-state index contributed by atoms with van der Waals surface area (Å²) < 4.78 is 5.05. The van der Waals surface area contributed by atoms with E-state index in [1.165, 1.54) is 0 Å². The highest BCUT2D eigenvalue weighted by atomic mass is 32.1. The maximum Gasteiger partial charge on any atom is 0.256 e. The molecule has 1 N–H and O–H groups in total. The number of ether oxygens (including phenoxy) is 1. The molecule has 0 saturated heterocycles. The van der Waals surface area contributed by atoms with E-state index in [2.05, 4.69) is 17.9 Å². The van der Waals surface area contributed by atoms with Crippen molar-refractivity contribution < 1.29 is 9.53 Å². The standard InChI is InChI=1S/C14H13NO2S/c1-17-11-8-6-10(7-9-11)15-14(16)12-4-2-3-5-13(12)18/h2-9,18H,1H3,(H,15,16). The molecule has 2 aromatic carbocycles. The molecule has 1 amide bonds. The van der Waals surface area contributed by atoms with E-state index in [4.69, 9.17) is 4.74 Å². The Hall–Kier alpha value is -1.94. The number of thiol groups is 1. The van der Waals surface area contributed by atoms with E-state index in [1.807, 2.05) is 12.1 Å². The average Bonchev–Trinajstić information content (AvgIpc) is 2.40. The van der Waals surface area contributed by atoms with Crippen molar-refractivity contribution in [3.8, 4) is 5.75 Å². The minimum atomic E-state index is -0.175. The Morgan fingerprint density at radius 1 is 1.11 bits per heavy atom. The first-order valence-electron chi connectivity index (χ1n) is 5.44. The van der Waals surface area contributed by atoms with Gasteiger partial charge in [0, 0.05) is 10.6 Å².